The molecule has 1 N–H and O–H groups in total. The Kier molecular flexibility index (Phi) is 5.84. The van der Waals surface area contributed by atoms with Crippen LogP contribution in [0.25, 0.3) is 0 Å². The molecule has 1 aliphatic rings. The van der Waals surface area contributed by atoms with Gasteiger partial charge in [-0.2, -0.15) is 0 Å². The molecule has 1 aliphatic heterocycles. The number of hydrogen-bond donors (Lipinski definition) is 1. The largest absolute Gasteiger partial charge is 0.497 e. The number of rotatable bonds is 6. The molecule has 2 atom stereocenters. The van der Waals surface area contributed by atoms with E-state index in [9.17, 15) is 9.90 Å². The van der Waals surface area contributed by atoms with Crippen molar-refractivity contribution < 1.29 is 19.4 Å². The fraction of sp³-hybridized carbons (Fsp3) is 0.350. The molecular formula is C20H22BrNO4. The van der Waals surface area contributed by atoms with Gasteiger partial charge in [0.1, 0.15) is 17.5 Å². The zero-order valence-corrected chi connectivity index (χ0v) is 16.4. The Morgan fingerprint density at radius 3 is 2.54 bits per heavy atom. The molecule has 2 aromatic rings. The van der Waals surface area contributed by atoms with Crippen LogP contribution in [0.5, 0.6) is 11.5 Å². The van der Waals surface area contributed by atoms with Crippen LogP contribution in [0.15, 0.2) is 46.9 Å². The Balaban J connectivity index is 2.12. The van der Waals surface area contributed by atoms with E-state index in [1.807, 2.05) is 42.5 Å². The highest BCUT2D eigenvalue weighted by molar-refractivity contribution is 9.10. The van der Waals surface area contributed by atoms with Crippen LogP contribution in [0.1, 0.15) is 30.0 Å². The van der Waals surface area contributed by atoms with Gasteiger partial charge in [-0.25, -0.2) is 0 Å². The van der Waals surface area contributed by atoms with E-state index in [1.54, 1.807) is 14.2 Å². The van der Waals surface area contributed by atoms with Crippen molar-refractivity contribution in [1.82, 2.24) is 4.90 Å². The number of aliphatic carboxylic acids is 1. The van der Waals surface area contributed by atoms with Crippen LogP contribution in [-0.4, -0.2) is 42.8 Å². The number of benzene rings is 2. The highest BCUT2D eigenvalue weighted by Crippen LogP contribution is 2.40. The average Bonchev–Trinajstić information content (AvgIpc) is 3.13. The zero-order valence-electron chi connectivity index (χ0n) is 14.8. The number of ether oxygens (including phenoxy) is 2. The molecule has 6 heteroatoms. The summed E-state index contributed by atoms with van der Waals surface area (Å²) >= 11 is 3.47. The highest BCUT2D eigenvalue weighted by atomic mass is 79.9. The lowest BCUT2D eigenvalue weighted by Crippen LogP contribution is -2.39. The standard InChI is InChI=1S/C20H22BrNO4/c1-25-15-9-10-16(18(12-15)26-2)19(13-5-7-14(21)8-6-13)22-11-3-4-17(22)20(23)24/h5-10,12,17,19H,3-4,11H2,1-2H3,(H,23,24). The molecule has 5 nitrogen and oxygen atoms in total. The summed E-state index contributed by atoms with van der Waals surface area (Å²) < 4.78 is 11.9. The molecule has 0 saturated carbocycles. The van der Waals surface area contributed by atoms with Crippen LogP contribution in [0.3, 0.4) is 0 Å². The molecule has 0 bridgehead atoms. The van der Waals surface area contributed by atoms with E-state index in [4.69, 9.17) is 9.47 Å². The molecule has 1 fully saturated rings. The maximum Gasteiger partial charge on any atom is 0.320 e. The second kappa shape index (κ2) is 8.10. The predicted octanol–water partition coefficient (Wildman–Crippen LogP) is 4.10. The van der Waals surface area contributed by atoms with E-state index in [-0.39, 0.29) is 6.04 Å². The third-order valence-electron chi connectivity index (χ3n) is 4.83. The molecule has 26 heavy (non-hydrogen) atoms. The van der Waals surface area contributed by atoms with E-state index in [0.717, 1.165) is 28.6 Å². The van der Waals surface area contributed by atoms with Gasteiger partial charge in [-0.15, -0.1) is 0 Å². The van der Waals surface area contributed by atoms with Gasteiger partial charge >= 0.3 is 5.97 Å². The van der Waals surface area contributed by atoms with Crippen molar-refractivity contribution >= 4 is 21.9 Å². The Hall–Kier alpha value is -2.05. The molecule has 138 valence electrons. The number of methoxy groups -OCH3 is 2. The van der Waals surface area contributed by atoms with E-state index < -0.39 is 12.0 Å². The minimum atomic E-state index is -0.780. The molecule has 2 unspecified atom stereocenters. The second-order valence-corrected chi connectivity index (χ2v) is 7.21. The number of carboxylic acids is 1. The van der Waals surface area contributed by atoms with Crippen molar-refractivity contribution in [2.24, 2.45) is 0 Å². The fourth-order valence-corrected chi connectivity index (χ4v) is 3.87. The van der Waals surface area contributed by atoms with E-state index >= 15 is 0 Å². The molecule has 0 aromatic heterocycles. The van der Waals surface area contributed by atoms with Gasteiger partial charge in [-0.1, -0.05) is 28.1 Å². The monoisotopic (exact) mass is 419 g/mol. The maximum absolute atomic E-state index is 11.8. The molecule has 0 radical (unpaired) electrons. The first kappa shape index (κ1) is 18.7. The smallest absolute Gasteiger partial charge is 0.320 e. The lowest BCUT2D eigenvalue weighted by molar-refractivity contribution is -0.142. The summed E-state index contributed by atoms with van der Waals surface area (Å²) in [5.41, 5.74) is 1.97. The quantitative estimate of drug-likeness (QED) is 0.763. The first-order valence-corrected chi connectivity index (χ1v) is 9.30. The number of nitrogens with zero attached hydrogens (tertiary/aromatic N) is 1. The Bertz CT molecular complexity index is 778. The second-order valence-electron chi connectivity index (χ2n) is 6.30. The lowest BCUT2D eigenvalue weighted by Gasteiger charge is -2.33. The summed E-state index contributed by atoms with van der Waals surface area (Å²) in [5.74, 6) is 0.613. The van der Waals surface area contributed by atoms with Gasteiger partial charge in [0.05, 0.1) is 20.3 Å². The minimum Gasteiger partial charge on any atom is -0.497 e. The van der Waals surface area contributed by atoms with E-state index in [0.29, 0.717) is 17.9 Å². The number of hydrogen-bond acceptors (Lipinski definition) is 4. The van der Waals surface area contributed by atoms with Gasteiger partial charge in [0.2, 0.25) is 0 Å². The molecule has 0 spiro atoms. The Morgan fingerprint density at radius 1 is 1.19 bits per heavy atom. The third kappa shape index (κ3) is 3.71. The number of carbonyl (C=O) groups is 1. The predicted molar refractivity (Wildman–Crippen MR) is 103 cm³/mol. The number of likely N-dealkylation sites (tertiary alicyclic amines) is 1. The molecule has 1 heterocycles. The number of carboxylic acid groups (broad SMARTS) is 1. The summed E-state index contributed by atoms with van der Waals surface area (Å²) in [6.45, 7) is 0.729. The lowest BCUT2D eigenvalue weighted by atomic mass is 9.95. The molecule has 1 saturated heterocycles. The van der Waals surface area contributed by atoms with E-state index in [2.05, 4.69) is 20.8 Å². The van der Waals surface area contributed by atoms with E-state index in [1.165, 1.54) is 0 Å². The molecular weight excluding hydrogens is 398 g/mol. The van der Waals surface area contributed by atoms with Crippen LogP contribution < -0.4 is 9.47 Å². The van der Waals surface area contributed by atoms with Crippen LogP contribution in [0.4, 0.5) is 0 Å². The fourth-order valence-electron chi connectivity index (χ4n) is 3.60. The summed E-state index contributed by atoms with van der Waals surface area (Å²) in [5, 5.41) is 9.68. The zero-order chi connectivity index (χ0) is 18.7. The van der Waals surface area contributed by atoms with Gasteiger partial charge in [-0.05, 0) is 42.7 Å². The summed E-state index contributed by atoms with van der Waals surface area (Å²) in [4.78, 5) is 13.8. The van der Waals surface area contributed by atoms with Crippen LogP contribution >= 0.6 is 15.9 Å². The van der Waals surface area contributed by atoms with Crippen molar-refractivity contribution in [3.05, 3.63) is 58.1 Å². The van der Waals surface area contributed by atoms with Crippen molar-refractivity contribution in [2.45, 2.75) is 24.9 Å². The van der Waals surface area contributed by atoms with Gasteiger partial charge in [0.25, 0.3) is 0 Å². The Morgan fingerprint density at radius 2 is 1.92 bits per heavy atom. The highest BCUT2D eigenvalue weighted by Gasteiger charge is 2.37. The SMILES string of the molecule is COc1ccc(C(c2ccc(Br)cc2)N2CCCC2C(=O)O)c(OC)c1. The minimum absolute atomic E-state index is 0.201. The average molecular weight is 420 g/mol. The van der Waals surface area contributed by atoms with Crippen molar-refractivity contribution in [1.29, 1.82) is 0 Å². The first-order valence-electron chi connectivity index (χ1n) is 8.51. The molecule has 0 amide bonds. The summed E-state index contributed by atoms with van der Waals surface area (Å²) in [6, 6.07) is 13.0. The van der Waals surface area contributed by atoms with Crippen LogP contribution in [0.2, 0.25) is 0 Å². The topological polar surface area (TPSA) is 59.0 Å². The summed E-state index contributed by atoms with van der Waals surface area (Å²) in [6.07, 6.45) is 1.52. The van der Waals surface area contributed by atoms with Crippen molar-refractivity contribution in [2.75, 3.05) is 20.8 Å². The number of halogens is 1. The maximum atomic E-state index is 11.8. The normalized spacial score (nSPS) is 18.5. The Labute approximate surface area is 161 Å². The molecule has 2 aromatic carbocycles. The van der Waals surface area contributed by atoms with Crippen molar-refractivity contribution in [3.8, 4) is 11.5 Å². The first-order chi connectivity index (χ1) is 12.5. The van der Waals surface area contributed by atoms with Gasteiger partial charge in [0, 0.05) is 22.6 Å². The van der Waals surface area contributed by atoms with Gasteiger partial charge in [-0.3, -0.25) is 9.69 Å². The van der Waals surface area contributed by atoms with Crippen molar-refractivity contribution in [3.63, 3.8) is 0 Å². The summed E-state index contributed by atoms with van der Waals surface area (Å²) in [7, 11) is 3.23. The van der Waals surface area contributed by atoms with Crippen LogP contribution in [0, 0.1) is 0 Å². The van der Waals surface area contributed by atoms with Gasteiger partial charge in [0.15, 0.2) is 0 Å². The molecule has 3 rings (SSSR count). The van der Waals surface area contributed by atoms with Gasteiger partial charge < -0.3 is 14.6 Å². The van der Waals surface area contributed by atoms with Crippen LogP contribution in [-0.2, 0) is 4.79 Å². The third-order valence-corrected chi connectivity index (χ3v) is 5.36. The molecule has 0 aliphatic carbocycles.